The molecule has 0 amide bonds. The molecule has 0 spiro atoms. The minimum atomic E-state index is 0. The van der Waals surface area contributed by atoms with Crippen molar-refractivity contribution in [1.82, 2.24) is 0 Å². The summed E-state index contributed by atoms with van der Waals surface area (Å²) in [7, 11) is 0. The van der Waals surface area contributed by atoms with Gasteiger partial charge in [-0.3, -0.25) is 0 Å². The molecule has 3 heteroatoms. The highest BCUT2D eigenvalue weighted by atomic mass is 127. The molecule has 0 fully saturated rings. The third-order valence-corrected chi connectivity index (χ3v) is 2.89. The number of hydrogen-bond acceptors (Lipinski definition) is 1. The van der Waals surface area contributed by atoms with Crippen LogP contribution in [0.2, 0.25) is 0 Å². The number of hydrogen-bond donors (Lipinski definition) is 0. The minimum Gasteiger partial charge on any atom is -1.00 e. The van der Waals surface area contributed by atoms with Gasteiger partial charge in [0, 0.05) is 12.1 Å². The second kappa shape index (κ2) is 4.22. The summed E-state index contributed by atoms with van der Waals surface area (Å²) in [5.41, 5.74) is 5.78. The standard InChI is InChI=1S/C13H9N2.HI/c14-15-11-5-6-13-10(8-11)7-9-3-1-2-4-12(9)13;/h1-6,8H,7H2;1H/q+1;/p-1. The summed E-state index contributed by atoms with van der Waals surface area (Å²) in [6.45, 7) is 0. The summed E-state index contributed by atoms with van der Waals surface area (Å²) in [4.78, 5) is 3.21. The van der Waals surface area contributed by atoms with E-state index in [2.05, 4.69) is 29.2 Å². The van der Waals surface area contributed by atoms with E-state index in [1.54, 1.807) is 0 Å². The predicted octanol–water partition coefficient (Wildman–Crippen LogP) is 0.746. The first-order valence-electron chi connectivity index (χ1n) is 4.95. The fraction of sp³-hybridized carbons (Fsp3) is 0.0769. The van der Waals surface area contributed by atoms with Crippen molar-refractivity contribution in [3.63, 3.8) is 0 Å². The van der Waals surface area contributed by atoms with Crippen LogP contribution in [0.4, 0.5) is 5.69 Å². The highest BCUT2D eigenvalue weighted by molar-refractivity contribution is 5.78. The molecule has 16 heavy (non-hydrogen) atoms. The van der Waals surface area contributed by atoms with Crippen molar-refractivity contribution in [2.75, 3.05) is 0 Å². The highest BCUT2D eigenvalue weighted by Gasteiger charge is 2.20. The molecule has 0 atom stereocenters. The molecule has 0 N–H and O–H groups in total. The fourth-order valence-electron chi connectivity index (χ4n) is 2.19. The lowest BCUT2D eigenvalue weighted by Crippen LogP contribution is -3.00. The maximum Gasteiger partial charge on any atom is 0.385 e. The molecule has 0 heterocycles. The third-order valence-electron chi connectivity index (χ3n) is 2.89. The van der Waals surface area contributed by atoms with E-state index in [9.17, 15) is 0 Å². The van der Waals surface area contributed by atoms with Crippen LogP contribution in [0.5, 0.6) is 0 Å². The van der Waals surface area contributed by atoms with Crippen molar-refractivity contribution in [1.29, 1.82) is 5.39 Å². The Balaban J connectivity index is 0.000000963. The van der Waals surface area contributed by atoms with Gasteiger partial charge in [-0.2, -0.15) is 0 Å². The summed E-state index contributed by atoms with van der Waals surface area (Å²) < 4.78 is 0. The average molecular weight is 320 g/mol. The molecule has 0 unspecified atom stereocenters. The molecular weight excluding hydrogens is 311 g/mol. The van der Waals surface area contributed by atoms with Crippen LogP contribution in [0.15, 0.2) is 42.5 Å². The predicted molar refractivity (Wildman–Crippen MR) is 59.4 cm³/mol. The van der Waals surface area contributed by atoms with Gasteiger partial charge in [-0.1, -0.05) is 24.3 Å². The first kappa shape index (κ1) is 11.1. The summed E-state index contributed by atoms with van der Waals surface area (Å²) in [6.07, 6.45) is 0.939. The van der Waals surface area contributed by atoms with Gasteiger partial charge in [-0.25, -0.2) is 0 Å². The summed E-state index contributed by atoms with van der Waals surface area (Å²) in [5.74, 6) is 0. The molecule has 3 rings (SSSR count). The van der Waals surface area contributed by atoms with E-state index in [1.165, 1.54) is 22.3 Å². The Hall–Kier alpha value is -1.41. The lowest BCUT2D eigenvalue weighted by Gasteiger charge is -1.97. The quantitative estimate of drug-likeness (QED) is 0.444. The number of benzene rings is 2. The second-order valence-electron chi connectivity index (χ2n) is 3.78. The van der Waals surface area contributed by atoms with E-state index >= 15 is 0 Å². The minimum absolute atomic E-state index is 0. The smallest absolute Gasteiger partial charge is 0.385 e. The first-order chi connectivity index (χ1) is 7.38. The van der Waals surface area contributed by atoms with Crippen LogP contribution in [0, 0.1) is 5.39 Å². The maximum absolute atomic E-state index is 8.71. The normalized spacial score (nSPS) is 10.9. The molecule has 0 radical (unpaired) electrons. The molecule has 2 aromatic carbocycles. The van der Waals surface area contributed by atoms with Gasteiger partial charge in [-0.05, 0) is 34.7 Å². The van der Waals surface area contributed by atoms with Crippen molar-refractivity contribution in [2.45, 2.75) is 6.42 Å². The van der Waals surface area contributed by atoms with Crippen molar-refractivity contribution in [2.24, 2.45) is 0 Å². The SMILES string of the molecule is N#[N+]c1ccc2c(c1)Cc1ccccc1-2.[I-]. The molecule has 0 aliphatic heterocycles. The largest absolute Gasteiger partial charge is 1.00 e. The second-order valence-corrected chi connectivity index (χ2v) is 3.78. The highest BCUT2D eigenvalue weighted by Crippen LogP contribution is 2.37. The molecule has 1 aliphatic rings. The van der Waals surface area contributed by atoms with Crippen molar-refractivity contribution in [3.05, 3.63) is 58.6 Å². The summed E-state index contributed by atoms with van der Waals surface area (Å²) >= 11 is 0. The number of nitrogens with zero attached hydrogens (tertiary/aromatic N) is 2. The van der Waals surface area contributed by atoms with Gasteiger partial charge >= 0.3 is 5.69 Å². The van der Waals surface area contributed by atoms with Gasteiger partial charge < -0.3 is 24.0 Å². The van der Waals surface area contributed by atoms with Crippen LogP contribution in [0.25, 0.3) is 16.1 Å². The van der Waals surface area contributed by atoms with Crippen LogP contribution < -0.4 is 24.0 Å². The maximum atomic E-state index is 8.71. The zero-order chi connectivity index (χ0) is 10.3. The summed E-state index contributed by atoms with van der Waals surface area (Å²) in [6, 6.07) is 14.2. The van der Waals surface area contributed by atoms with Gasteiger partial charge in [0.25, 0.3) is 0 Å². The Bertz CT molecular complexity index is 585. The molecule has 0 bridgehead atoms. The van der Waals surface area contributed by atoms with E-state index in [0.29, 0.717) is 5.69 Å². The molecule has 78 valence electrons. The molecule has 1 aliphatic carbocycles. The molecule has 2 aromatic rings. The van der Waals surface area contributed by atoms with Crippen LogP contribution in [0.3, 0.4) is 0 Å². The van der Waals surface area contributed by atoms with E-state index < -0.39 is 0 Å². The molecular formula is C13H9IN2. The van der Waals surface area contributed by atoms with Crippen LogP contribution in [-0.2, 0) is 6.42 Å². The Morgan fingerprint density at radius 3 is 2.50 bits per heavy atom. The summed E-state index contributed by atoms with van der Waals surface area (Å²) in [5, 5.41) is 8.71. The number of halogens is 1. The zero-order valence-corrected chi connectivity index (χ0v) is 10.7. The van der Waals surface area contributed by atoms with Gasteiger partial charge in [0.15, 0.2) is 4.98 Å². The molecule has 0 saturated carbocycles. The average Bonchev–Trinajstić information content (AvgIpc) is 2.66. The third kappa shape index (κ3) is 1.59. The van der Waals surface area contributed by atoms with Crippen molar-refractivity contribution >= 4 is 5.69 Å². The van der Waals surface area contributed by atoms with E-state index in [1.807, 2.05) is 18.2 Å². The number of rotatable bonds is 0. The van der Waals surface area contributed by atoms with Crippen LogP contribution in [-0.4, -0.2) is 0 Å². The van der Waals surface area contributed by atoms with E-state index in [4.69, 9.17) is 5.39 Å². The lowest BCUT2D eigenvalue weighted by atomic mass is 10.1. The number of diazo groups is 1. The topological polar surface area (TPSA) is 28.1 Å². The molecule has 2 nitrogen and oxygen atoms in total. The molecule has 0 saturated heterocycles. The van der Waals surface area contributed by atoms with Crippen LogP contribution >= 0.6 is 0 Å². The van der Waals surface area contributed by atoms with Crippen molar-refractivity contribution in [3.8, 4) is 11.1 Å². The van der Waals surface area contributed by atoms with Gasteiger partial charge in [-0.15, -0.1) is 0 Å². The Morgan fingerprint density at radius 2 is 1.69 bits per heavy atom. The van der Waals surface area contributed by atoms with Gasteiger partial charge in [0.05, 0.1) is 0 Å². The number of fused-ring (bicyclic) bond motifs is 3. The fourth-order valence-corrected chi connectivity index (χ4v) is 2.19. The van der Waals surface area contributed by atoms with Gasteiger partial charge in [0.1, 0.15) is 0 Å². The first-order valence-corrected chi connectivity index (χ1v) is 4.95. The van der Waals surface area contributed by atoms with E-state index in [0.717, 1.165) is 6.42 Å². The Kier molecular flexibility index (Phi) is 2.92. The zero-order valence-electron chi connectivity index (χ0n) is 8.52. The van der Waals surface area contributed by atoms with Crippen LogP contribution in [0.1, 0.15) is 11.1 Å². The molecule has 0 aromatic heterocycles. The van der Waals surface area contributed by atoms with E-state index in [-0.39, 0.29) is 24.0 Å². The van der Waals surface area contributed by atoms with Crippen molar-refractivity contribution < 1.29 is 24.0 Å². The Labute approximate surface area is 111 Å². The van der Waals surface area contributed by atoms with Gasteiger partial charge in [0.2, 0.25) is 5.39 Å². The lowest BCUT2D eigenvalue weighted by molar-refractivity contribution is -0.00000314. The Morgan fingerprint density at radius 1 is 0.938 bits per heavy atom. The monoisotopic (exact) mass is 320 g/mol.